The summed E-state index contributed by atoms with van der Waals surface area (Å²) in [6, 6.07) is 7.13. The van der Waals surface area contributed by atoms with E-state index in [9.17, 15) is 33.4 Å². The van der Waals surface area contributed by atoms with Crippen LogP contribution in [0.3, 0.4) is 0 Å². The van der Waals surface area contributed by atoms with Crippen LogP contribution in [0.5, 0.6) is 0 Å². The van der Waals surface area contributed by atoms with Gasteiger partial charge in [-0.1, -0.05) is 11.6 Å². The van der Waals surface area contributed by atoms with Gasteiger partial charge in [-0.05, 0) is 37.1 Å². The minimum absolute atomic E-state index is 0.00611. The fourth-order valence-corrected chi connectivity index (χ4v) is 5.82. The number of halogens is 1. The molecule has 1 amide bonds. The first-order chi connectivity index (χ1) is 15.6. The highest BCUT2D eigenvalue weighted by atomic mass is 35.5. The fraction of sp³-hybridized carbons (Fsp3) is 0.316. The molecule has 2 aliphatic heterocycles. The summed E-state index contributed by atoms with van der Waals surface area (Å²) < 4.78 is 32.5. The number of carbonyl (C=O) groups excluding carboxylic acids is 1. The molecule has 2 aromatic rings. The molecule has 0 spiro atoms. The second-order valence-corrected chi connectivity index (χ2v) is 9.84. The van der Waals surface area contributed by atoms with Crippen molar-refractivity contribution in [1.29, 1.82) is 0 Å². The molecule has 0 aliphatic carbocycles. The van der Waals surface area contributed by atoms with Crippen LogP contribution >= 0.6 is 11.6 Å². The number of hydrogen-bond donors (Lipinski definition) is 0. The molecule has 0 aromatic heterocycles. The topological polar surface area (TPSA) is 153 Å². The molecule has 0 bridgehead atoms. The zero-order valence-corrected chi connectivity index (χ0v) is 18.5. The van der Waals surface area contributed by atoms with Gasteiger partial charge in [0.25, 0.3) is 11.4 Å². The van der Waals surface area contributed by atoms with Crippen molar-refractivity contribution in [1.82, 2.24) is 4.31 Å². The van der Waals surface area contributed by atoms with E-state index in [2.05, 4.69) is 0 Å². The maximum absolute atomic E-state index is 13.1. The fourth-order valence-electron chi connectivity index (χ4n) is 4.02. The smallest absolute Gasteiger partial charge is 0.414 e. The van der Waals surface area contributed by atoms with Crippen LogP contribution < -0.4 is 4.90 Å². The molecule has 12 nitrogen and oxygen atoms in total. The van der Waals surface area contributed by atoms with Gasteiger partial charge in [-0.2, -0.15) is 4.31 Å². The summed E-state index contributed by atoms with van der Waals surface area (Å²) in [5.74, 6) is 0. The number of cyclic esters (lactones) is 1. The summed E-state index contributed by atoms with van der Waals surface area (Å²) in [5, 5.41) is 22.8. The normalized spacial score (nSPS) is 17.4. The van der Waals surface area contributed by atoms with Gasteiger partial charge in [-0.15, -0.1) is 0 Å². The first-order valence-corrected chi connectivity index (χ1v) is 11.6. The number of carbonyl (C=O) groups is 1. The van der Waals surface area contributed by atoms with Crippen molar-refractivity contribution in [3.63, 3.8) is 0 Å². The van der Waals surface area contributed by atoms with Crippen molar-refractivity contribution < 1.29 is 27.8 Å². The Labute approximate surface area is 192 Å². The summed E-state index contributed by atoms with van der Waals surface area (Å²) >= 11 is 6.02. The first kappa shape index (κ1) is 22.9. The molecule has 2 aromatic carbocycles. The second-order valence-electron chi connectivity index (χ2n) is 7.50. The lowest BCUT2D eigenvalue weighted by molar-refractivity contribution is -0.396. The Kier molecular flexibility index (Phi) is 5.95. The maximum Gasteiger partial charge on any atom is 0.414 e. The Bertz CT molecular complexity index is 1260. The van der Waals surface area contributed by atoms with E-state index in [1.807, 2.05) is 0 Å². The lowest BCUT2D eigenvalue weighted by Gasteiger charge is -2.39. The van der Waals surface area contributed by atoms with Crippen molar-refractivity contribution in [2.24, 2.45) is 0 Å². The van der Waals surface area contributed by atoms with Crippen LogP contribution in [-0.4, -0.2) is 47.8 Å². The van der Waals surface area contributed by atoms with Crippen LogP contribution in [-0.2, 0) is 21.4 Å². The number of nitrogens with zero attached hydrogens (tertiary/aromatic N) is 4. The number of amides is 1. The number of hydrogen-bond acceptors (Lipinski definition) is 8. The number of benzene rings is 2. The molecular weight excluding hydrogens is 480 g/mol. The Hall–Kier alpha value is -3.29. The lowest BCUT2D eigenvalue weighted by Crippen LogP contribution is -2.50. The van der Waals surface area contributed by atoms with E-state index in [1.54, 1.807) is 18.2 Å². The average molecular weight is 497 g/mol. The van der Waals surface area contributed by atoms with Gasteiger partial charge >= 0.3 is 6.09 Å². The number of anilines is 1. The van der Waals surface area contributed by atoms with E-state index in [0.717, 1.165) is 22.0 Å². The van der Waals surface area contributed by atoms with Gasteiger partial charge in [0.05, 0.1) is 21.6 Å². The molecule has 4 rings (SSSR count). The van der Waals surface area contributed by atoms with Crippen LogP contribution in [0.1, 0.15) is 18.4 Å². The summed E-state index contributed by atoms with van der Waals surface area (Å²) in [6.07, 6.45) is -0.0221. The molecule has 0 radical (unpaired) electrons. The summed E-state index contributed by atoms with van der Waals surface area (Å²) in [5.41, 5.74) is -0.0694. The van der Waals surface area contributed by atoms with Gasteiger partial charge in [0, 0.05) is 35.8 Å². The first-order valence-electron chi connectivity index (χ1n) is 9.77. The Morgan fingerprint density at radius 1 is 1.03 bits per heavy atom. The summed E-state index contributed by atoms with van der Waals surface area (Å²) in [7, 11) is -4.30. The van der Waals surface area contributed by atoms with Gasteiger partial charge in [-0.3, -0.25) is 25.1 Å². The number of nitro benzene ring substituents is 2. The number of fused-ring (bicyclic) bond motifs is 1. The molecular formula is C19H17ClN4O8S. The van der Waals surface area contributed by atoms with E-state index in [4.69, 9.17) is 16.3 Å². The standard InChI is InChI=1S/C19H17ClN4O8S/c20-13-1-3-16-12(9-13)11-32-19(25)22(16)14-5-7-21(8-6-14)33(30,31)18-4-2-15(23(26)27)10-17(18)24(28)29/h1-4,9-10,14H,5-8,11H2. The number of ether oxygens (including phenoxy) is 1. The number of piperidine rings is 1. The third-order valence-corrected chi connectivity index (χ3v) is 7.79. The van der Waals surface area contributed by atoms with Gasteiger partial charge < -0.3 is 4.74 Å². The van der Waals surface area contributed by atoms with Crippen LogP contribution in [0.15, 0.2) is 41.3 Å². The van der Waals surface area contributed by atoms with Crippen molar-refractivity contribution in [2.75, 3.05) is 18.0 Å². The molecule has 14 heteroatoms. The average Bonchev–Trinajstić information content (AvgIpc) is 2.78. The van der Waals surface area contributed by atoms with Crippen molar-refractivity contribution in [3.05, 3.63) is 67.2 Å². The predicted molar refractivity (Wildman–Crippen MR) is 116 cm³/mol. The highest BCUT2D eigenvalue weighted by Gasteiger charge is 2.39. The molecule has 0 N–H and O–H groups in total. The minimum atomic E-state index is -4.30. The van der Waals surface area contributed by atoms with E-state index < -0.39 is 42.2 Å². The zero-order valence-electron chi connectivity index (χ0n) is 16.9. The van der Waals surface area contributed by atoms with Crippen LogP contribution in [0.2, 0.25) is 5.02 Å². The maximum atomic E-state index is 13.1. The summed E-state index contributed by atoms with van der Waals surface area (Å²) in [6.45, 7) is 0.0734. The highest BCUT2D eigenvalue weighted by molar-refractivity contribution is 7.89. The largest absolute Gasteiger partial charge is 0.444 e. The molecule has 0 atom stereocenters. The lowest BCUT2D eigenvalue weighted by atomic mass is 10.0. The number of sulfonamides is 1. The van der Waals surface area contributed by atoms with Gasteiger partial charge in [0.15, 0.2) is 4.90 Å². The summed E-state index contributed by atoms with van der Waals surface area (Å²) in [4.78, 5) is 33.8. The minimum Gasteiger partial charge on any atom is -0.444 e. The van der Waals surface area contributed by atoms with Crippen molar-refractivity contribution >= 4 is 44.8 Å². The molecule has 33 heavy (non-hydrogen) atoms. The Morgan fingerprint density at radius 2 is 1.73 bits per heavy atom. The zero-order chi connectivity index (χ0) is 23.9. The monoisotopic (exact) mass is 496 g/mol. The number of rotatable bonds is 5. The van der Waals surface area contributed by atoms with Crippen LogP contribution in [0, 0.1) is 20.2 Å². The molecule has 1 fully saturated rings. The van der Waals surface area contributed by atoms with E-state index in [-0.39, 0.29) is 38.6 Å². The predicted octanol–water partition coefficient (Wildman–Crippen LogP) is 3.47. The van der Waals surface area contributed by atoms with E-state index in [0.29, 0.717) is 16.8 Å². The van der Waals surface area contributed by atoms with Gasteiger partial charge in [-0.25, -0.2) is 13.2 Å². The number of nitro groups is 2. The molecule has 174 valence electrons. The van der Waals surface area contributed by atoms with E-state index in [1.165, 1.54) is 4.90 Å². The Morgan fingerprint density at radius 3 is 2.36 bits per heavy atom. The molecule has 2 aliphatic rings. The molecule has 0 saturated carbocycles. The van der Waals surface area contributed by atoms with Crippen LogP contribution in [0.25, 0.3) is 0 Å². The number of non-ortho nitro benzene ring substituents is 1. The third-order valence-electron chi connectivity index (χ3n) is 5.61. The highest BCUT2D eigenvalue weighted by Crippen LogP contribution is 2.36. The second kappa shape index (κ2) is 8.57. The van der Waals surface area contributed by atoms with Crippen LogP contribution in [0.4, 0.5) is 21.9 Å². The SMILES string of the molecule is O=C1OCc2cc(Cl)ccc2N1C1CCN(S(=O)(=O)c2ccc([N+](=O)[O-])cc2[N+](=O)[O-])CC1. The van der Waals surface area contributed by atoms with Gasteiger partial charge in [0.1, 0.15) is 6.61 Å². The molecule has 1 saturated heterocycles. The van der Waals surface area contributed by atoms with Crippen molar-refractivity contribution in [2.45, 2.75) is 30.4 Å². The van der Waals surface area contributed by atoms with Crippen molar-refractivity contribution in [3.8, 4) is 0 Å². The quantitative estimate of drug-likeness (QED) is 0.450. The molecule has 2 heterocycles. The third kappa shape index (κ3) is 4.21. The van der Waals surface area contributed by atoms with E-state index >= 15 is 0 Å². The van der Waals surface area contributed by atoms with Gasteiger partial charge in [0.2, 0.25) is 10.0 Å². The Balaban J connectivity index is 1.57. The molecule has 0 unspecified atom stereocenters.